The van der Waals surface area contributed by atoms with E-state index < -0.39 is 10.0 Å². The van der Waals surface area contributed by atoms with Gasteiger partial charge in [0.25, 0.3) is 5.91 Å². The quantitative estimate of drug-likeness (QED) is 0.870. The van der Waals surface area contributed by atoms with Crippen LogP contribution >= 0.6 is 0 Å². The zero-order valence-electron chi connectivity index (χ0n) is 14.2. The molecule has 0 unspecified atom stereocenters. The number of aromatic nitrogens is 1. The lowest BCUT2D eigenvalue weighted by atomic mass is 10.0. The van der Waals surface area contributed by atoms with Gasteiger partial charge in [-0.1, -0.05) is 13.0 Å². The van der Waals surface area contributed by atoms with Crippen molar-refractivity contribution in [2.24, 2.45) is 0 Å². The zero-order chi connectivity index (χ0) is 17.9. The number of pyridine rings is 1. The highest BCUT2D eigenvalue weighted by Gasteiger charge is 2.23. The number of nitrogens with zero attached hydrogens (tertiary/aromatic N) is 1. The van der Waals surface area contributed by atoms with E-state index >= 15 is 0 Å². The Labute approximate surface area is 142 Å². The van der Waals surface area contributed by atoms with Crippen molar-refractivity contribution in [2.75, 3.05) is 11.9 Å². The first-order chi connectivity index (χ1) is 11.3. The van der Waals surface area contributed by atoms with Crippen molar-refractivity contribution in [3.8, 4) is 0 Å². The molecule has 0 saturated carbocycles. The first-order valence-electron chi connectivity index (χ1n) is 7.59. The first-order valence-corrected chi connectivity index (χ1v) is 9.08. The molecule has 2 N–H and O–H groups in total. The summed E-state index contributed by atoms with van der Waals surface area (Å²) >= 11 is 0. The Kier molecular flexibility index (Phi) is 5.36. The topological polar surface area (TPSA) is 88.2 Å². The number of nitrogens with one attached hydrogen (secondary N) is 2. The number of benzene rings is 1. The number of amides is 1. The predicted molar refractivity (Wildman–Crippen MR) is 93.7 cm³/mol. The lowest BCUT2D eigenvalue weighted by Crippen LogP contribution is -2.25. The monoisotopic (exact) mass is 347 g/mol. The number of aryl methyl sites for hydroxylation is 2. The van der Waals surface area contributed by atoms with Gasteiger partial charge < -0.3 is 5.32 Å². The summed E-state index contributed by atoms with van der Waals surface area (Å²) in [6, 6.07) is 5.08. The molecule has 0 fully saturated rings. The maximum atomic E-state index is 12.5. The summed E-state index contributed by atoms with van der Waals surface area (Å²) < 4.78 is 27.4. The average Bonchev–Trinajstić information content (AvgIpc) is 2.51. The minimum atomic E-state index is -3.63. The Balaban J connectivity index is 2.50. The van der Waals surface area contributed by atoms with Crippen LogP contribution in [0.2, 0.25) is 0 Å². The second kappa shape index (κ2) is 7.11. The zero-order valence-corrected chi connectivity index (χ0v) is 15.0. The van der Waals surface area contributed by atoms with Crippen LogP contribution in [0.15, 0.2) is 35.5 Å². The van der Waals surface area contributed by atoms with E-state index in [-0.39, 0.29) is 10.8 Å². The van der Waals surface area contributed by atoms with Crippen molar-refractivity contribution in [3.63, 3.8) is 0 Å². The summed E-state index contributed by atoms with van der Waals surface area (Å²) in [5.41, 5.74) is 2.88. The lowest BCUT2D eigenvalue weighted by molar-refractivity contribution is 0.102. The van der Waals surface area contributed by atoms with Gasteiger partial charge in [-0.3, -0.25) is 9.78 Å². The second-order valence-electron chi connectivity index (χ2n) is 5.54. The van der Waals surface area contributed by atoms with Gasteiger partial charge in [0, 0.05) is 24.6 Å². The number of sulfonamides is 1. The van der Waals surface area contributed by atoms with Crippen LogP contribution in [0, 0.1) is 20.8 Å². The molecule has 0 aliphatic heterocycles. The molecule has 1 amide bonds. The van der Waals surface area contributed by atoms with Gasteiger partial charge in [-0.2, -0.15) is 0 Å². The number of anilines is 1. The van der Waals surface area contributed by atoms with Crippen LogP contribution in [0.4, 0.5) is 5.69 Å². The van der Waals surface area contributed by atoms with Crippen LogP contribution in [-0.4, -0.2) is 25.9 Å². The van der Waals surface area contributed by atoms with Crippen molar-refractivity contribution >= 4 is 21.6 Å². The number of hydrogen-bond acceptors (Lipinski definition) is 4. The third-order valence-corrected chi connectivity index (χ3v) is 5.50. The Morgan fingerprint density at radius 3 is 2.50 bits per heavy atom. The van der Waals surface area contributed by atoms with Gasteiger partial charge in [0.15, 0.2) is 0 Å². The standard InChI is InChI=1S/C17H21N3O3S/c1-5-19-24(22,23)16-12(3)9-11(2)15(13(16)4)20-17(21)14-7-6-8-18-10-14/h6-10,19H,5H2,1-4H3,(H,20,21). The molecule has 0 saturated heterocycles. The predicted octanol–water partition coefficient (Wildman–Crippen LogP) is 2.56. The van der Waals surface area contributed by atoms with E-state index in [2.05, 4.69) is 15.0 Å². The van der Waals surface area contributed by atoms with Crippen molar-refractivity contribution in [1.82, 2.24) is 9.71 Å². The fraction of sp³-hybridized carbons (Fsp3) is 0.294. The van der Waals surface area contributed by atoms with E-state index in [0.29, 0.717) is 28.9 Å². The maximum Gasteiger partial charge on any atom is 0.257 e. The highest BCUT2D eigenvalue weighted by atomic mass is 32.2. The molecule has 0 aliphatic carbocycles. The second-order valence-corrected chi connectivity index (χ2v) is 7.24. The van der Waals surface area contributed by atoms with Crippen LogP contribution in [0.1, 0.15) is 34.0 Å². The highest BCUT2D eigenvalue weighted by molar-refractivity contribution is 7.89. The lowest BCUT2D eigenvalue weighted by Gasteiger charge is -2.18. The summed E-state index contributed by atoms with van der Waals surface area (Å²) in [6.45, 7) is 7.30. The Morgan fingerprint density at radius 1 is 1.21 bits per heavy atom. The molecule has 2 rings (SSSR count). The van der Waals surface area contributed by atoms with E-state index in [1.165, 1.54) is 6.20 Å². The van der Waals surface area contributed by atoms with Crippen LogP contribution in [0.3, 0.4) is 0 Å². The first kappa shape index (κ1) is 18.1. The van der Waals surface area contributed by atoms with Gasteiger partial charge in [0.1, 0.15) is 0 Å². The summed E-state index contributed by atoms with van der Waals surface area (Å²) in [6.07, 6.45) is 3.05. The molecule has 0 spiro atoms. The molecule has 128 valence electrons. The van der Waals surface area contributed by atoms with E-state index in [0.717, 1.165) is 5.56 Å². The van der Waals surface area contributed by atoms with Gasteiger partial charge in [-0.15, -0.1) is 0 Å². The molecular weight excluding hydrogens is 326 g/mol. The number of carbonyl (C=O) groups excluding carboxylic acids is 1. The van der Waals surface area contributed by atoms with Crippen LogP contribution < -0.4 is 10.0 Å². The van der Waals surface area contributed by atoms with Gasteiger partial charge in [0.05, 0.1) is 10.5 Å². The fourth-order valence-electron chi connectivity index (χ4n) is 2.72. The summed E-state index contributed by atoms with van der Waals surface area (Å²) in [5.74, 6) is -0.329. The van der Waals surface area contributed by atoms with Gasteiger partial charge >= 0.3 is 0 Å². The Bertz CT molecular complexity index is 862. The fourth-order valence-corrected chi connectivity index (χ4v) is 4.23. The van der Waals surface area contributed by atoms with Gasteiger partial charge in [-0.25, -0.2) is 13.1 Å². The molecule has 0 bridgehead atoms. The van der Waals surface area contributed by atoms with Crippen molar-refractivity contribution < 1.29 is 13.2 Å². The molecule has 2 aromatic rings. The summed E-state index contributed by atoms with van der Waals surface area (Å²) in [4.78, 5) is 16.5. The normalized spacial score (nSPS) is 11.3. The SMILES string of the molecule is CCNS(=O)(=O)c1c(C)cc(C)c(NC(=O)c2cccnc2)c1C. The third-order valence-electron chi connectivity index (χ3n) is 3.67. The summed E-state index contributed by atoms with van der Waals surface area (Å²) in [5, 5.41) is 2.81. The number of hydrogen-bond donors (Lipinski definition) is 2. The minimum absolute atomic E-state index is 0.205. The number of rotatable bonds is 5. The molecule has 0 radical (unpaired) electrons. The molecular formula is C17H21N3O3S. The molecule has 1 aromatic heterocycles. The molecule has 1 aromatic carbocycles. The molecule has 6 nitrogen and oxygen atoms in total. The molecule has 0 aliphatic rings. The number of carbonyl (C=O) groups is 1. The highest BCUT2D eigenvalue weighted by Crippen LogP contribution is 2.30. The Hall–Kier alpha value is -2.25. The molecule has 7 heteroatoms. The summed E-state index contributed by atoms with van der Waals surface area (Å²) in [7, 11) is -3.63. The third kappa shape index (κ3) is 3.63. The van der Waals surface area contributed by atoms with Gasteiger partial charge in [0.2, 0.25) is 10.0 Å². The van der Waals surface area contributed by atoms with E-state index in [9.17, 15) is 13.2 Å². The van der Waals surface area contributed by atoms with E-state index in [1.54, 1.807) is 45.2 Å². The Morgan fingerprint density at radius 2 is 1.92 bits per heavy atom. The van der Waals surface area contributed by atoms with E-state index in [1.807, 2.05) is 6.92 Å². The van der Waals surface area contributed by atoms with Crippen LogP contribution in [0.5, 0.6) is 0 Å². The smallest absolute Gasteiger partial charge is 0.257 e. The van der Waals surface area contributed by atoms with Crippen molar-refractivity contribution in [3.05, 3.63) is 52.8 Å². The van der Waals surface area contributed by atoms with Crippen molar-refractivity contribution in [1.29, 1.82) is 0 Å². The molecule has 24 heavy (non-hydrogen) atoms. The maximum absolute atomic E-state index is 12.5. The largest absolute Gasteiger partial charge is 0.321 e. The minimum Gasteiger partial charge on any atom is -0.321 e. The van der Waals surface area contributed by atoms with E-state index in [4.69, 9.17) is 0 Å². The van der Waals surface area contributed by atoms with Crippen molar-refractivity contribution in [2.45, 2.75) is 32.6 Å². The average molecular weight is 347 g/mol. The molecule has 1 heterocycles. The molecule has 0 atom stereocenters. The van der Waals surface area contributed by atoms with Crippen LogP contribution in [0.25, 0.3) is 0 Å². The van der Waals surface area contributed by atoms with Gasteiger partial charge in [-0.05, 0) is 49.6 Å². The van der Waals surface area contributed by atoms with Crippen LogP contribution in [-0.2, 0) is 10.0 Å².